The highest BCUT2D eigenvalue weighted by Crippen LogP contribution is 2.48. The maximum atomic E-state index is 12.7. The fourth-order valence-electron chi connectivity index (χ4n) is 4.00. The first kappa shape index (κ1) is 16.0. The summed E-state index contributed by atoms with van der Waals surface area (Å²) in [5.41, 5.74) is 1.83. The summed E-state index contributed by atoms with van der Waals surface area (Å²) >= 11 is 1.40. The van der Waals surface area contributed by atoms with Crippen molar-refractivity contribution in [3.8, 4) is 11.3 Å². The molecule has 0 saturated heterocycles. The summed E-state index contributed by atoms with van der Waals surface area (Å²) in [5, 5.41) is 14.8. The molecule has 1 fully saturated rings. The number of allylic oxidation sites excluding steroid dienone is 2. The van der Waals surface area contributed by atoms with Crippen molar-refractivity contribution in [2.75, 3.05) is 5.32 Å². The van der Waals surface area contributed by atoms with Gasteiger partial charge in [-0.15, -0.1) is 11.3 Å². The van der Waals surface area contributed by atoms with Gasteiger partial charge in [0, 0.05) is 22.3 Å². The standard InChI is InChI=1S/C19H18N2O3S/c1-10-16(11-5-3-2-4-6-11)20-19(25-10)21-17(22)14-12-7-8-13(9-12)15(14)18(23)24/h2-8,12-15H,9H2,1H3,(H,23,24)(H,20,21,22)/p-1/t12-,13+,14+,15+/m1/s1. The SMILES string of the molecule is Cc1sc(NC(=O)[C@@H]2[C@@H](C(=O)[O-])[C@H]3C=C[C@@H]2C3)nc1-c1ccccc1. The van der Waals surface area contributed by atoms with Gasteiger partial charge in [-0.1, -0.05) is 42.5 Å². The number of carbonyl (C=O) groups is 2. The van der Waals surface area contributed by atoms with Crippen LogP contribution in [0.2, 0.25) is 0 Å². The van der Waals surface area contributed by atoms with Crippen LogP contribution in [0.15, 0.2) is 42.5 Å². The van der Waals surface area contributed by atoms with Gasteiger partial charge in [0.25, 0.3) is 0 Å². The molecule has 1 aromatic carbocycles. The lowest BCUT2D eigenvalue weighted by Crippen LogP contribution is -2.42. The van der Waals surface area contributed by atoms with Crippen LogP contribution in [-0.2, 0) is 9.59 Å². The van der Waals surface area contributed by atoms with Crippen molar-refractivity contribution in [3.63, 3.8) is 0 Å². The lowest BCUT2D eigenvalue weighted by Gasteiger charge is -2.27. The molecule has 2 aliphatic rings. The summed E-state index contributed by atoms with van der Waals surface area (Å²) in [7, 11) is 0. The lowest BCUT2D eigenvalue weighted by atomic mass is 9.82. The number of carboxylic acid groups (broad SMARTS) is 1. The van der Waals surface area contributed by atoms with Crippen molar-refractivity contribution in [1.29, 1.82) is 0 Å². The minimum absolute atomic E-state index is 0.0254. The summed E-state index contributed by atoms with van der Waals surface area (Å²) in [6, 6.07) is 9.77. The van der Waals surface area contributed by atoms with Crippen LogP contribution in [0.4, 0.5) is 5.13 Å². The van der Waals surface area contributed by atoms with Crippen LogP contribution in [-0.4, -0.2) is 16.9 Å². The number of nitrogens with zero attached hydrogens (tertiary/aromatic N) is 1. The molecule has 0 aliphatic heterocycles. The second kappa shape index (κ2) is 6.11. The molecule has 1 N–H and O–H groups in total. The predicted molar refractivity (Wildman–Crippen MR) is 93.6 cm³/mol. The number of aryl methyl sites for hydroxylation is 1. The molecular formula is C19H17N2O3S-. The topological polar surface area (TPSA) is 82.1 Å². The molecule has 6 heteroatoms. The molecule has 0 spiro atoms. The molecule has 25 heavy (non-hydrogen) atoms. The normalized spacial score (nSPS) is 26.8. The van der Waals surface area contributed by atoms with E-state index < -0.39 is 17.8 Å². The largest absolute Gasteiger partial charge is 0.550 e. The van der Waals surface area contributed by atoms with Gasteiger partial charge in [-0.3, -0.25) is 4.79 Å². The maximum absolute atomic E-state index is 12.7. The molecule has 4 rings (SSSR count). The Kier molecular flexibility index (Phi) is 3.92. The first-order valence-corrected chi connectivity index (χ1v) is 9.09. The summed E-state index contributed by atoms with van der Waals surface area (Å²) in [6.45, 7) is 1.96. The number of aliphatic carboxylic acids is 1. The second-order valence-corrected chi connectivity index (χ2v) is 7.80. The van der Waals surface area contributed by atoms with Gasteiger partial charge in [0.2, 0.25) is 5.91 Å². The van der Waals surface area contributed by atoms with E-state index in [4.69, 9.17) is 0 Å². The van der Waals surface area contributed by atoms with E-state index in [0.29, 0.717) is 11.6 Å². The van der Waals surface area contributed by atoms with E-state index in [0.717, 1.165) is 16.1 Å². The molecule has 2 aliphatic carbocycles. The summed E-state index contributed by atoms with van der Waals surface area (Å²) < 4.78 is 0. The number of carbonyl (C=O) groups excluding carboxylic acids is 2. The van der Waals surface area contributed by atoms with Gasteiger partial charge < -0.3 is 15.2 Å². The number of hydrogen-bond acceptors (Lipinski definition) is 5. The molecule has 0 radical (unpaired) electrons. The number of amides is 1. The van der Waals surface area contributed by atoms with E-state index in [1.807, 2.05) is 49.4 Å². The fourth-order valence-corrected chi connectivity index (χ4v) is 4.84. The number of rotatable bonds is 4. The predicted octanol–water partition coefficient (Wildman–Crippen LogP) is 2.25. The van der Waals surface area contributed by atoms with Crippen molar-refractivity contribution in [3.05, 3.63) is 47.4 Å². The Morgan fingerprint density at radius 3 is 2.52 bits per heavy atom. The smallest absolute Gasteiger partial charge is 0.230 e. The van der Waals surface area contributed by atoms with Crippen molar-refractivity contribution < 1.29 is 14.7 Å². The average Bonchev–Trinajstić information content (AvgIpc) is 3.29. The minimum Gasteiger partial charge on any atom is -0.550 e. The Labute approximate surface area is 149 Å². The number of nitrogens with one attached hydrogen (secondary N) is 1. The Morgan fingerprint density at radius 1 is 1.16 bits per heavy atom. The number of benzene rings is 1. The van der Waals surface area contributed by atoms with Crippen LogP contribution in [0, 0.1) is 30.6 Å². The van der Waals surface area contributed by atoms with E-state index >= 15 is 0 Å². The average molecular weight is 353 g/mol. The Morgan fingerprint density at radius 2 is 1.84 bits per heavy atom. The number of anilines is 1. The lowest BCUT2D eigenvalue weighted by molar-refractivity contribution is -0.313. The number of thiazole rings is 1. The molecule has 2 aromatic rings. The fraction of sp³-hybridized carbons (Fsp3) is 0.316. The van der Waals surface area contributed by atoms with E-state index in [9.17, 15) is 14.7 Å². The van der Waals surface area contributed by atoms with E-state index in [1.54, 1.807) is 0 Å². The van der Waals surface area contributed by atoms with Gasteiger partial charge in [-0.25, -0.2) is 4.98 Å². The molecule has 1 saturated carbocycles. The van der Waals surface area contributed by atoms with Crippen LogP contribution < -0.4 is 10.4 Å². The van der Waals surface area contributed by atoms with Gasteiger partial charge >= 0.3 is 0 Å². The molecule has 1 aromatic heterocycles. The molecular weight excluding hydrogens is 336 g/mol. The van der Waals surface area contributed by atoms with E-state index in [-0.39, 0.29) is 17.7 Å². The zero-order chi connectivity index (χ0) is 17.6. The molecule has 1 amide bonds. The van der Waals surface area contributed by atoms with Gasteiger partial charge in [-0.2, -0.15) is 0 Å². The summed E-state index contributed by atoms with van der Waals surface area (Å²) in [4.78, 5) is 29.7. The van der Waals surface area contributed by atoms with Crippen LogP contribution in [0.1, 0.15) is 11.3 Å². The van der Waals surface area contributed by atoms with Crippen LogP contribution in [0.25, 0.3) is 11.3 Å². The maximum Gasteiger partial charge on any atom is 0.230 e. The number of hydrogen-bond donors (Lipinski definition) is 1. The summed E-state index contributed by atoms with van der Waals surface area (Å²) in [6.07, 6.45) is 4.57. The third kappa shape index (κ3) is 2.76. The van der Waals surface area contributed by atoms with Gasteiger partial charge in [-0.05, 0) is 25.2 Å². The highest BCUT2D eigenvalue weighted by molar-refractivity contribution is 7.16. The number of aromatic nitrogens is 1. The molecule has 4 atom stereocenters. The third-order valence-corrected chi connectivity index (χ3v) is 5.99. The van der Waals surface area contributed by atoms with Crippen LogP contribution in [0.3, 0.4) is 0 Å². The molecule has 2 bridgehead atoms. The second-order valence-electron chi connectivity index (χ2n) is 6.60. The van der Waals surface area contributed by atoms with Crippen molar-refractivity contribution in [2.24, 2.45) is 23.7 Å². The van der Waals surface area contributed by atoms with Gasteiger partial charge in [0.1, 0.15) is 0 Å². The first-order valence-electron chi connectivity index (χ1n) is 8.27. The van der Waals surface area contributed by atoms with Gasteiger partial charge in [0.15, 0.2) is 5.13 Å². The number of fused-ring (bicyclic) bond motifs is 2. The van der Waals surface area contributed by atoms with Crippen molar-refractivity contribution >= 4 is 28.3 Å². The van der Waals surface area contributed by atoms with E-state index in [2.05, 4.69) is 10.3 Å². The Balaban J connectivity index is 1.56. The van der Waals surface area contributed by atoms with Crippen LogP contribution >= 0.6 is 11.3 Å². The molecule has 5 nitrogen and oxygen atoms in total. The zero-order valence-corrected chi connectivity index (χ0v) is 14.5. The quantitative estimate of drug-likeness (QED) is 0.855. The van der Waals surface area contributed by atoms with Gasteiger partial charge in [0.05, 0.1) is 11.6 Å². The monoisotopic (exact) mass is 353 g/mol. The van der Waals surface area contributed by atoms with Crippen molar-refractivity contribution in [1.82, 2.24) is 4.98 Å². The number of carboxylic acids is 1. The molecule has 0 unspecified atom stereocenters. The van der Waals surface area contributed by atoms with Crippen molar-refractivity contribution in [2.45, 2.75) is 13.3 Å². The third-order valence-electron chi connectivity index (χ3n) is 5.11. The minimum atomic E-state index is -1.14. The molecule has 128 valence electrons. The Hall–Kier alpha value is -2.47. The highest BCUT2D eigenvalue weighted by atomic mass is 32.1. The first-order chi connectivity index (χ1) is 12.0. The summed E-state index contributed by atoms with van der Waals surface area (Å²) in [5.74, 6) is -2.86. The Bertz CT molecular complexity index is 859. The highest BCUT2D eigenvalue weighted by Gasteiger charge is 2.48. The van der Waals surface area contributed by atoms with E-state index in [1.165, 1.54) is 11.3 Å². The molecule has 1 heterocycles. The van der Waals surface area contributed by atoms with Crippen LogP contribution in [0.5, 0.6) is 0 Å². The zero-order valence-electron chi connectivity index (χ0n) is 13.6.